The highest BCUT2D eigenvalue weighted by Crippen LogP contribution is 1.87. The molecule has 1 aromatic heterocycles. The number of carbonyl (C=O) groups excluding carboxylic acids is 2. The summed E-state index contributed by atoms with van der Waals surface area (Å²) in [7, 11) is 1.65. The van der Waals surface area contributed by atoms with Gasteiger partial charge in [-0.3, -0.25) is 9.59 Å². The first-order chi connectivity index (χ1) is 6.49. The van der Waals surface area contributed by atoms with E-state index in [-0.39, 0.29) is 24.5 Å². The van der Waals surface area contributed by atoms with E-state index in [2.05, 4.69) is 10.3 Å². The Labute approximate surface area is 81.5 Å². The first kappa shape index (κ1) is 10.5. The Kier molecular flexibility index (Phi) is 3.06. The van der Waals surface area contributed by atoms with E-state index in [0.717, 1.165) is 0 Å². The fourth-order valence-electron chi connectivity index (χ4n) is 1.13. The molecule has 6 heteroatoms. The minimum Gasteiger partial charge on any atom is -0.299 e. The lowest BCUT2D eigenvalue weighted by Gasteiger charge is -1.91. The summed E-state index contributed by atoms with van der Waals surface area (Å²) in [5.74, 6) is 0.512. The van der Waals surface area contributed by atoms with E-state index < -0.39 is 0 Å². The minimum atomic E-state index is -0.0136. The lowest BCUT2D eigenvalue weighted by Crippen LogP contribution is -2.43. The molecule has 0 amide bonds. The van der Waals surface area contributed by atoms with Crippen LogP contribution in [-0.2, 0) is 29.6 Å². The van der Waals surface area contributed by atoms with Crippen molar-refractivity contribution in [3.05, 3.63) is 5.82 Å². The second-order valence-electron chi connectivity index (χ2n) is 3.23. The van der Waals surface area contributed by atoms with E-state index >= 15 is 0 Å². The van der Waals surface area contributed by atoms with E-state index in [9.17, 15) is 9.59 Å². The summed E-state index contributed by atoms with van der Waals surface area (Å²) in [5, 5.41) is 7.95. The first-order valence-electron chi connectivity index (χ1n) is 4.28. The van der Waals surface area contributed by atoms with Crippen molar-refractivity contribution in [2.24, 2.45) is 7.05 Å². The largest absolute Gasteiger partial charge is 0.306 e. The number of Topliss-reactive ketones (excluding diaryl/α,β-unsaturated/α-hetero) is 2. The topological polar surface area (TPSA) is 68.7 Å². The van der Waals surface area contributed by atoms with Gasteiger partial charge in [-0.1, -0.05) is 0 Å². The smallest absolute Gasteiger partial charge is 0.299 e. The van der Waals surface area contributed by atoms with E-state index in [1.54, 1.807) is 7.05 Å². The molecule has 0 spiro atoms. The van der Waals surface area contributed by atoms with Gasteiger partial charge in [0, 0.05) is 0 Å². The third-order valence-corrected chi connectivity index (χ3v) is 1.57. The maximum Gasteiger partial charge on any atom is 0.306 e. The monoisotopic (exact) mass is 197 g/mol. The van der Waals surface area contributed by atoms with Crippen molar-refractivity contribution < 1.29 is 14.3 Å². The van der Waals surface area contributed by atoms with Crippen molar-refractivity contribution in [1.82, 2.24) is 15.1 Å². The molecule has 6 nitrogen and oxygen atoms in total. The number of nitrogens with zero attached hydrogens (tertiary/aromatic N) is 4. The molecule has 1 aromatic rings. The van der Waals surface area contributed by atoms with Crippen LogP contribution < -0.4 is 4.68 Å². The van der Waals surface area contributed by atoms with E-state index in [1.807, 2.05) is 0 Å². The van der Waals surface area contributed by atoms with Crippen LogP contribution in [0, 0.1) is 0 Å². The average molecular weight is 197 g/mol. The Morgan fingerprint density at radius 2 is 2.00 bits per heavy atom. The summed E-state index contributed by atoms with van der Waals surface area (Å²) >= 11 is 0. The zero-order valence-corrected chi connectivity index (χ0v) is 8.52. The molecule has 14 heavy (non-hydrogen) atoms. The van der Waals surface area contributed by atoms with Gasteiger partial charge in [-0.05, 0) is 18.6 Å². The quantitative estimate of drug-likeness (QED) is 0.570. The number of ketones is 2. The van der Waals surface area contributed by atoms with Crippen LogP contribution in [0.15, 0.2) is 0 Å². The average Bonchev–Trinajstić information content (AvgIpc) is 2.28. The van der Waals surface area contributed by atoms with Crippen LogP contribution in [0.25, 0.3) is 0 Å². The predicted molar refractivity (Wildman–Crippen MR) is 46.3 cm³/mol. The van der Waals surface area contributed by atoms with Crippen molar-refractivity contribution >= 4 is 11.6 Å². The number of hydrogen-bond donors (Lipinski definition) is 0. The van der Waals surface area contributed by atoms with Crippen molar-refractivity contribution in [2.75, 3.05) is 0 Å². The first-order valence-corrected chi connectivity index (χ1v) is 4.28. The van der Waals surface area contributed by atoms with Gasteiger partial charge in [0.2, 0.25) is 0 Å². The second-order valence-corrected chi connectivity index (χ2v) is 3.23. The van der Waals surface area contributed by atoms with E-state index in [4.69, 9.17) is 0 Å². The highest BCUT2D eigenvalue weighted by Gasteiger charge is 2.19. The molecule has 0 saturated heterocycles. The maximum absolute atomic E-state index is 10.9. The number of carbonyl (C=O) groups is 2. The van der Waals surface area contributed by atoms with Gasteiger partial charge >= 0.3 is 5.82 Å². The summed E-state index contributed by atoms with van der Waals surface area (Å²) < 4.78 is 1.45. The number of hydrogen-bond acceptors (Lipinski definition) is 4. The molecule has 0 N–H and O–H groups in total. The second kappa shape index (κ2) is 4.08. The highest BCUT2D eigenvalue weighted by molar-refractivity contribution is 5.77. The maximum atomic E-state index is 10.9. The van der Waals surface area contributed by atoms with Gasteiger partial charge in [0.1, 0.15) is 19.3 Å². The van der Waals surface area contributed by atoms with Gasteiger partial charge in [0.05, 0.1) is 10.3 Å². The van der Waals surface area contributed by atoms with Gasteiger partial charge in [0.15, 0.2) is 12.3 Å². The fourth-order valence-corrected chi connectivity index (χ4v) is 1.13. The van der Waals surface area contributed by atoms with Crippen LogP contribution >= 0.6 is 0 Å². The molecule has 0 radical (unpaired) electrons. The molecule has 0 aliphatic heterocycles. The summed E-state index contributed by atoms with van der Waals surface area (Å²) in [6.07, 6.45) is 0.209. The van der Waals surface area contributed by atoms with Crippen LogP contribution in [0.3, 0.4) is 0 Å². The van der Waals surface area contributed by atoms with Gasteiger partial charge in [-0.2, -0.15) is 0 Å². The van der Waals surface area contributed by atoms with Crippen molar-refractivity contribution in [3.8, 4) is 0 Å². The SMILES string of the molecule is CC(=O)Cc1nn(C)n[n+]1CC(C)=O. The number of aryl methyl sites for hydroxylation is 1. The van der Waals surface area contributed by atoms with Crippen molar-refractivity contribution in [2.45, 2.75) is 26.8 Å². The molecule has 1 heterocycles. The number of rotatable bonds is 4. The Balaban J connectivity index is 2.90. The normalized spacial score (nSPS) is 10.2. The standard InChI is InChI=1S/C8H13N4O2/c1-6(13)4-8-9-11(3)10-12(8)5-7(2)14/h4-5H2,1-3H3/q+1. The summed E-state index contributed by atoms with van der Waals surface area (Å²) in [6.45, 7) is 3.11. The Morgan fingerprint density at radius 3 is 2.50 bits per heavy atom. The highest BCUT2D eigenvalue weighted by atomic mass is 16.1. The molecular formula is C8H13N4O2+. The van der Waals surface area contributed by atoms with Gasteiger partial charge in [-0.15, -0.1) is 4.68 Å². The Bertz CT molecular complexity index is 336. The molecular weight excluding hydrogens is 184 g/mol. The van der Waals surface area contributed by atoms with E-state index in [0.29, 0.717) is 5.82 Å². The van der Waals surface area contributed by atoms with Crippen LogP contribution in [0.1, 0.15) is 19.7 Å². The molecule has 0 bridgehead atoms. The van der Waals surface area contributed by atoms with Gasteiger partial charge < -0.3 is 0 Å². The molecule has 0 unspecified atom stereocenters. The molecule has 76 valence electrons. The third-order valence-electron chi connectivity index (χ3n) is 1.57. The molecule has 0 fully saturated rings. The lowest BCUT2D eigenvalue weighted by molar-refractivity contribution is -0.750. The number of aromatic nitrogens is 4. The Hall–Kier alpha value is -1.59. The van der Waals surface area contributed by atoms with Crippen LogP contribution in [0.4, 0.5) is 0 Å². The van der Waals surface area contributed by atoms with Crippen molar-refractivity contribution in [1.29, 1.82) is 0 Å². The van der Waals surface area contributed by atoms with Crippen LogP contribution in [0.2, 0.25) is 0 Å². The molecule has 0 atom stereocenters. The van der Waals surface area contributed by atoms with Crippen LogP contribution in [-0.4, -0.2) is 26.7 Å². The lowest BCUT2D eigenvalue weighted by atomic mass is 10.3. The summed E-state index contributed by atoms with van der Waals surface area (Å²) in [5.41, 5.74) is 0. The zero-order valence-electron chi connectivity index (χ0n) is 8.52. The molecule has 0 aromatic carbocycles. The van der Waals surface area contributed by atoms with E-state index in [1.165, 1.54) is 23.3 Å². The molecule has 0 saturated carbocycles. The Morgan fingerprint density at radius 1 is 1.36 bits per heavy atom. The van der Waals surface area contributed by atoms with Crippen molar-refractivity contribution in [3.63, 3.8) is 0 Å². The minimum absolute atomic E-state index is 0.00259. The predicted octanol–water partition coefficient (Wildman–Crippen LogP) is -1.18. The summed E-state index contributed by atoms with van der Waals surface area (Å²) in [4.78, 5) is 23.1. The van der Waals surface area contributed by atoms with Crippen LogP contribution in [0.5, 0.6) is 0 Å². The summed E-state index contributed by atoms with van der Waals surface area (Å²) in [6, 6.07) is 0. The molecule has 1 rings (SSSR count). The van der Waals surface area contributed by atoms with Gasteiger partial charge in [0.25, 0.3) is 0 Å². The fraction of sp³-hybridized carbons (Fsp3) is 0.625. The zero-order chi connectivity index (χ0) is 10.7. The van der Waals surface area contributed by atoms with Gasteiger partial charge in [-0.25, -0.2) is 0 Å². The number of tetrazole rings is 1. The third kappa shape index (κ3) is 2.72. The molecule has 0 aliphatic carbocycles. The molecule has 0 aliphatic rings.